The number of hydrogen-bond donors (Lipinski definition) is 0. The van der Waals surface area contributed by atoms with Crippen molar-refractivity contribution in [3.05, 3.63) is 121 Å². The molecule has 0 bridgehead atoms. The van der Waals surface area contributed by atoms with Gasteiger partial charge >= 0.3 is 0 Å². The van der Waals surface area contributed by atoms with Gasteiger partial charge in [0.1, 0.15) is 0 Å². The Bertz CT molecular complexity index is 1100. The van der Waals surface area contributed by atoms with Crippen LogP contribution < -0.4 is 20.7 Å². The Hall–Kier alpha value is -2.77. The van der Waals surface area contributed by atoms with Crippen molar-refractivity contribution in [2.24, 2.45) is 0 Å². The number of rotatable bonds is 10. The van der Waals surface area contributed by atoms with Crippen molar-refractivity contribution in [3.8, 4) is 0 Å². The van der Waals surface area contributed by atoms with Crippen molar-refractivity contribution < 1.29 is 8.85 Å². The molecule has 39 heavy (non-hydrogen) atoms. The van der Waals surface area contributed by atoms with E-state index in [0.29, 0.717) is 0 Å². The highest BCUT2D eigenvalue weighted by molar-refractivity contribution is 6.99. The molecule has 0 saturated heterocycles. The standard InChI is InChI=1S/C35H44O2Si2/c1-34(2,3)36-38(30-20-11-7-12-21-30,31-22-13-8-14-23-31)28-19-29-39(37-35(4,5)6,32-24-15-9-16-25-32)33-26-17-10-18-27-33/h7-18,20-27H,19,28-29H2,1-6H3. The quantitative estimate of drug-likeness (QED) is 0.208. The lowest BCUT2D eigenvalue weighted by Gasteiger charge is -2.41. The second-order valence-electron chi connectivity index (χ2n) is 12.4. The molecule has 4 aromatic carbocycles. The van der Waals surface area contributed by atoms with E-state index >= 15 is 0 Å². The first-order valence-corrected chi connectivity index (χ1v) is 18.4. The van der Waals surface area contributed by atoms with Crippen LogP contribution in [0.15, 0.2) is 121 Å². The first-order chi connectivity index (χ1) is 18.5. The maximum Gasteiger partial charge on any atom is 0.256 e. The molecule has 0 radical (unpaired) electrons. The second kappa shape index (κ2) is 12.2. The Labute approximate surface area is 238 Å². The summed E-state index contributed by atoms with van der Waals surface area (Å²) in [4.78, 5) is 0. The maximum absolute atomic E-state index is 7.24. The molecule has 2 nitrogen and oxygen atoms in total. The van der Waals surface area contributed by atoms with Gasteiger partial charge in [-0.25, -0.2) is 0 Å². The van der Waals surface area contributed by atoms with E-state index in [-0.39, 0.29) is 11.2 Å². The lowest BCUT2D eigenvalue weighted by molar-refractivity contribution is 0.123. The molecule has 0 aromatic heterocycles. The molecule has 4 rings (SSSR count). The summed E-state index contributed by atoms with van der Waals surface area (Å²) in [6.45, 7) is 13.1. The Morgan fingerprint density at radius 1 is 0.410 bits per heavy atom. The molecule has 4 heteroatoms. The van der Waals surface area contributed by atoms with Crippen LogP contribution in [0.2, 0.25) is 12.1 Å². The van der Waals surface area contributed by atoms with Gasteiger partial charge in [0.05, 0.1) is 0 Å². The highest BCUT2D eigenvalue weighted by atomic mass is 28.4. The Balaban J connectivity index is 1.81. The average molecular weight is 553 g/mol. The Morgan fingerprint density at radius 2 is 0.641 bits per heavy atom. The van der Waals surface area contributed by atoms with Gasteiger partial charge in [-0.15, -0.1) is 0 Å². The summed E-state index contributed by atoms with van der Waals surface area (Å²) in [6, 6.07) is 45.8. The van der Waals surface area contributed by atoms with Crippen LogP contribution in [0.3, 0.4) is 0 Å². The van der Waals surface area contributed by atoms with E-state index in [1.165, 1.54) is 20.7 Å². The number of hydrogen-bond acceptors (Lipinski definition) is 2. The SMILES string of the molecule is CC(C)(C)O[Si](CCC[Si](OC(C)(C)C)(c1ccccc1)c1ccccc1)(c1ccccc1)c1ccccc1. The van der Waals surface area contributed by atoms with Crippen LogP contribution in [0, 0.1) is 0 Å². The lowest BCUT2D eigenvalue weighted by Crippen LogP contribution is -2.65. The third-order valence-corrected chi connectivity index (χ3v) is 16.1. The van der Waals surface area contributed by atoms with Gasteiger partial charge in [0, 0.05) is 11.2 Å². The van der Waals surface area contributed by atoms with Crippen LogP contribution in [-0.4, -0.2) is 27.8 Å². The van der Waals surface area contributed by atoms with Gasteiger partial charge in [0.2, 0.25) is 0 Å². The summed E-state index contributed by atoms with van der Waals surface area (Å²) in [7, 11) is -5.15. The first kappa shape index (κ1) is 29.2. The zero-order chi connectivity index (χ0) is 28.0. The van der Waals surface area contributed by atoms with Gasteiger partial charge in [0.15, 0.2) is 0 Å². The molecule has 0 N–H and O–H groups in total. The van der Waals surface area contributed by atoms with Crippen molar-refractivity contribution >= 4 is 37.4 Å². The molecule has 0 unspecified atom stereocenters. The number of benzene rings is 4. The smallest absolute Gasteiger partial charge is 0.256 e. The molecule has 0 heterocycles. The molecule has 0 saturated carbocycles. The minimum absolute atomic E-state index is 0.271. The minimum atomic E-state index is -2.58. The van der Waals surface area contributed by atoms with Gasteiger partial charge < -0.3 is 8.85 Å². The van der Waals surface area contributed by atoms with Crippen LogP contribution in [0.4, 0.5) is 0 Å². The average Bonchev–Trinajstić information content (AvgIpc) is 2.92. The van der Waals surface area contributed by atoms with Crippen LogP contribution in [0.1, 0.15) is 48.0 Å². The van der Waals surface area contributed by atoms with Crippen molar-refractivity contribution in [1.29, 1.82) is 0 Å². The van der Waals surface area contributed by atoms with Gasteiger partial charge in [-0.2, -0.15) is 0 Å². The predicted molar refractivity (Wildman–Crippen MR) is 172 cm³/mol. The summed E-state index contributed by atoms with van der Waals surface area (Å²) in [5, 5.41) is 5.31. The van der Waals surface area contributed by atoms with E-state index in [4.69, 9.17) is 8.85 Å². The van der Waals surface area contributed by atoms with E-state index < -0.39 is 16.6 Å². The largest absolute Gasteiger partial charge is 0.403 e. The van der Waals surface area contributed by atoms with Crippen LogP contribution in [-0.2, 0) is 8.85 Å². The van der Waals surface area contributed by atoms with Crippen molar-refractivity contribution in [2.45, 2.75) is 71.3 Å². The van der Waals surface area contributed by atoms with Gasteiger partial charge in [0.25, 0.3) is 16.6 Å². The van der Waals surface area contributed by atoms with E-state index in [1.54, 1.807) is 0 Å². The predicted octanol–water partition coefficient (Wildman–Crippen LogP) is 6.53. The normalized spacial score (nSPS) is 12.9. The van der Waals surface area contributed by atoms with Crippen molar-refractivity contribution in [3.63, 3.8) is 0 Å². The molecule has 0 aliphatic carbocycles. The van der Waals surface area contributed by atoms with Crippen LogP contribution in [0.5, 0.6) is 0 Å². The molecule has 0 atom stereocenters. The summed E-state index contributed by atoms with van der Waals surface area (Å²) in [6.07, 6.45) is 1.01. The lowest BCUT2D eigenvalue weighted by atomic mass is 10.2. The van der Waals surface area contributed by atoms with E-state index in [0.717, 1.165) is 18.5 Å². The van der Waals surface area contributed by atoms with E-state index in [9.17, 15) is 0 Å². The summed E-state index contributed by atoms with van der Waals surface area (Å²) in [5.74, 6) is 0. The third-order valence-electron chi connectivity index (χ3n) is 6.98. The van der Waals surface area contributed by atoms with Gasteiger partial charge in [-0.3, -0.25) is 0 Å². The molecular formula is C35H44O2Si2. The zero-order valence-corrected chi connectivity index (χ0v) is 26.5. The molecule has 0 fully saturated rings. The fourth-order valence-electron chi connectivity index (χ4n) is 5.71. The van der Waals surface area contributed by atoms with Crippen molar-refractivity contribution in [2.75, 3.05) is 0 Å². The first-order valence-electron chi connectivity index (χ1n) is 14.2. The molecule has 204 valence electrons. The van der Waals surface area contributed by atoms with E-state index in [2.05, 4.69) is 163 Å². The molecular weight excluding hydrogens is 509 g/mol. The maximum atomic E-state index is 7.24. The fraction of sp³-hybridized carbons (Fsp3) is 0.314. The third kappa shape index (κ3) is 7.26. The zero-order valence-electron chi connectivity index (χ0n) is 24.5. The van der Waals surface area contributed by atoms with Crippen LogP contribution in [0.25, 0.3) is 0 Å². The molecule has 0 aliphatic rings. The highest BCUT2D eigenvalue weighted by Gasteiger charge is 2.46. The van der Waals surface area contributed by atoms with Crippen molar-refractivity contribution in [1.82, 2.24) is 0 Å². The summed E-state index contributed by atoms with van der Waals surface area (Å²) >= 11 is 0. The molecule has 4 aromatic rings. The van der Waals surface area contributed by atoms with E-state index in [1.807, 2.05) is 0 Å². The molecule has 0 amide bonds. The van der Waals surface area contributed by atoms with Crippen LogP contribution >= 0.6 is 0 Å². The summed E-state index contributed by atoms with van der Waals surface area (Å²) in [5.41, 5.74) is -0.541. The topological polar surface area (TPSA) is 18.5 Å². The minimum Gasteiger partial charge on any atom is -0.403 e. The summed E-state index contributed by atoms with van der Waals surface area (Å²) < 4.78 is 14.5. The molecule has 0 spiro atoms. The Kier molecular flexibility index (Phi) is 9.12. The molecule has 0 aliphatic heterocycles. The monoisotopic (exact) mass is 552 g/mol. The highest BCUT2D eigenvalue weighted by Crippen LogP contribution is 2.28. The second-order valence-corrected chi connectivity index (χ2v) is 19.4. The fourth-order valence-corrected chi connectivity index (χ4v) is 14.9. The Morgan fingerprint density at radius 3 is 0.846 bits per heavy atom. The van der Waals surface area contributed by atoms with Gasteiger partial charge in [-0.1, -0.05) is 128 Å². The van der Waals surface area contributed by atoms with Gasteiger partial charge in [-0.05, 0) is 74.4 Å².